The smallest absolute Gasteiger partial charge is 0.309 e. The molecule has 0 aliphatic heterocycles. The molecule has 17 heavy (non-hydrogen) atoms. The van der Waals surface area contributed by atoms with Gasteiger partial charge < -0.3 is 9.84 Å². The van der Waals surface area contributed by atoms with Crippen LogP contribution in [-0.2, 0) is 11.2 Å². The molecule has 0 aromatic heterocycles. The first-order chi connectivity index (χ1) is 7.86. The molecule has 0 unspecified atom stereocenters. The molecule has 1 aromatic rings. The third kappa shape index (κ3) is 3.44. The second-order valence-corrected chi connectivity index (χ2v) is 4.56. The predicted molar refractivity (Wildman–Crippen MR) is 62.7 cm³/mol. The number of hydrogen-bond acceptors (Lipinski definition) is 2. The van der Waals surface area contributed by atoms with E-state index in [1.807, 2.05) is 0 Å². The molecule has 0 fully saturated rings. The van der Waals surface area contributed by atoms with Crippen LogP contribution in [0.3, 0.4) is 0 Å². The highest BCUT2D eigenvalue weighted by Gasteiger charge is 2.27. The quantitative estimate of drug-likeness (QED) is 0.860. The highest BCUT2D eigenvalue weighted by molar-refractivity contribution is 5.74. The molecule has 0 spiro atoms. The van der Waals surface area contributed by atoms with Gasteiger partial charge in [0.2, 0.25) is 0 Å². The van der Waals surface area contributed by atoms with Crippen molar-refractivity contribution in [2.24, 2.45) is 5.41 Å². The maximum Gasteiger partial charge on any atom is 0.309 e. The Bertz CT molecular complexity index is 413. The Morgan fingerprint density at radius 2 is 2.12 bits per heavy atom. The Morgan fingerprint density at radius 1 is 1.47 bits per heavy atom. The molecule has 1 rings (SSSR count). The van der Waals surface area contributed by atoms with Gasteiger partial charge in [-0.25, -0.2) is 4.39 Å². The Hall–Kier alpha value is -1.58. The number of hydrogen-bond donors (Lipinski definition) is 1. The van der Waals surface area contributed by atoms with Crippen LogP contribution in [0.5, 0.6) is 5.75 Å². The minimum absolute atomic E-state index is 0.199. The number of halogens is 1. The van der Waals surface area contributed by atoms with Crippen LogP contribution >= 0.6 is 0 Å². The van der Waals surface area contributed by atoms with Crippen LogP contribution in [0, 0.1) is 11.2 Å². The lowest BCUT2D eigenvalue weighted by atomic mass is 9.86. The van der Waals surface area contributed by atoms with E-state index in [1.165, 1.54) is 12.1 Å². The molecule has 0 atom stereocenters. The number of ether oxygens (including phenoxy) is 1. The fourth-order valence-corrected chi connectivity index (χ4v) is 1.51. The van der Waals surface area contributed by atoms with E-state index in [9.17, 15) is 9.18 Å². The lowest BCUT2D eigenvalue weighted by Crippen LogP contribution is -2.26. The number of carboxylic acid groups (broad SMARTS) is 1. The molecule has 3 nitrogen and oxygen atoms in total. The molecule has 1 aromatic carbocycles. The Labute approximate surface area is 100 Å². The van der Waals surface area contributed by atoms with E-state index in [1.54, 1.807) is 26.8 Å². The van der Waals surface area contributed by atoms with E-state index in [0.717, 1.165) is 0 Å². The fourth-order valence-electron chi connectivity index (χ4n) is 1.51. The van der Waals surface area contributed by atoms with E-state index in [2.05, 4.69) is 0 Å². The van der Waals surface area contributed by atoms with E-state index >= 15 is 0 Å². The Balaban J connectivity index is 2.87. The van der Waals surface area contributed by atoms with E-state index in [0.29, 0.717) is 12.2 Å². The molecular formula is C13H17FO3. The van der Waals surface area contributed by atoms with Gasteiger partial charge in [0, 0.05) is 0 Å². The summed E-state index contributed by atoms with van der Waals surface area (Å²) in [5, 5.41) is 8.99. The third-order valence-corrected chi connectivity index (χ3v) is 2.52. The van der Waals surface area contributed by atoms with Gasteiger partial charge in [-0.1, -0.05) is 6.07 Å². The number of rotatable bonds is 5. The lowest BCUT2D eigenvalue weighted by molar-refractivity contribution is -0.146. The van der Waals surface area contributed by atoms with Crippen LogP contribution in [0.25, 0.3) is 0 Å². The maximum atomic E-state index is 13.5. The summed E-state index contributed by atoms with van der Waals surface area (Å²) in [6, 6.07) is 4.56. The highest BCUT2D eigenvalue weighted by atomic mass is 19.1. The summed E-state index contributed by atoms with van der Waals surface area (Å²) in [5.41, 5.74) is -0.252. The fraction of sp³-hybridized carbons (Fsp3) is 0.462. The molecule has 94 valence electrons. The summed E-state index contributed by atoms with van der Waals surface area (Å²) in [6.45, 7) is 5.41. The second-order valence-electron chi connectivity index (χ2n) is 4.56. The average molecular weight is 240 g/mol. The van der Waals surface area contributed by atoms with Crippen LogP contribution in [0.15, 0.2) is 18.2 Å². The van der Waals surface area contributed by atoms with E-state index < -0.39 is 17.2 Å². The second kappa shape index (κ2) is 5.17. The van der Waals surface area contributed by atoms with Crippen molar-refractivity contribution in [2.45, 2.75) is 27.2 Å². The first-order valence-electron chi connectivity index (χ1n) is 5.51. The molecule has 0 radical (unpaired) electrons. The number of carboxylic acids is 1. The summed E-state index contributed by atoms with van der Waals surface area (Å²) in [6.07, 6.45) is 0.283. The van der Waals surface area contributed by atoms with Gasteiger partial charge in [0.05, 0.1) is 12.0 Å². The van der Waals surface area contributed by atoms with Gasteiger partial charge in [-0.3, -0.25) is 4.79 Å². The van der Waals surface area contributed by atoms with Crippen LogP contribution in [0.1, 0.15) is 26.3 Å². The number of aliphatic carboxylic acids is 1. The van der Waals surface area contributed by atoms with Crippen molar-refractivity contribution in [1.29, 1.82) is 0 Å². The zero-order valence-electron chi connectivity index (χ0n) is 10.3. The predicted octanol–water partition coefficient (Wildman–Crippen LogP) is 2.88. The zero-order chi connectivity index (χ0) is 13.1. The van der Waals surface area contributed by atoms with Crippen molar-refractivity contribution in [3.8, 4) is 5.75 Å². The molecule has 0 aliphatic rings. The van der Waals surface area contributed by atoms with Gasteiger partial charge in [0.1, 0.15) is 0 Å². The molecule has 0 bridgehead atoms. The monoisotopic (exact) mass is 240 g/mol. The molecule has 0 amide bonds. The minimum atomic E-state index is -0.903. The van der Waals surface area contributed by atoms with Crippen LogP contribution in [0.4, 0.5) is 4.39 Å². The van der Waals surface area contributed by atoms with Gasteiger partial charge in [-0.05, 0) is 44.9 Å². The van der Waals surface area contributed by atoms with Crippen LogP contribution in [-0.4, -0.2) is 17.7 Å². The molecule has 1 N–H and O–H groups in total. The summed E-state index contributed by atoms with van der Waals surface area (Å²) < 4.78 is 18.6. The van der Waals surface area contributed by atoms with Gasteiger partial charge in [-0.2, -0.15) is 0 Å². The normalized spacial score (nSPS) is 11.3. The summed E-state index contributed by atoms with van der Waals surface area (Å²) in [7, 11) is 0. The minimum Gasteiger partial charge on any atom is -0.491 e. The van der Waals surface area contributed by atoms with Crippen LogP contribution in [0.2, 0.25) is 0 Å². The molecule has 0 saturated carbocycles. The van der Waals surface area contributed by atoms with Crippen molar-refractivity contribution in [3.05, 3.63) is 29.6 Å². The molecule has 0 saturated heterocycles. The largest absolute Gasteiger partial charge is 0.491 e. The zero-order valence-corrected chi connectivity index (χ0v) is 10.3. The molecular weight excluding hydrogens is 223 g/mol. The molecule has 0 heterocycles. The topological polar surface area (TPSA) is 46.5 Å². The Kier molecular flexibility index (Phi) is 4.10. The van der Waals surface area contributed by atoms with Crippen molar-refractivity contribution < 1.29 is 19.0 Å². The van der Waals surface area contributed by atoms with Crippen molar-refractivity contribution in [2.75, 3.05) is 6.61 Å². The van der Waals surface area contributed by atoms with Gasteiger partial charge in [-0.15, -0.1) is 0 Å². The summed E-state index contributed by atoms with van der Waals surface area (Å²) in [4.78, 5) is 11.0. The van der Waals surface area contributed by atoms with E-state index in [-0.39, 0.29) is 12.2 Å². The van der Waals surface area contributed by atoms with Gasteiger partial charge in [0.15, 0.2) is 11.6 Å². The number of carbonyl (C=O) groups is 1. The van der Waals surface area contributed by atoms with Crippen LogP contribution < -0.4 is 4.74 Å². The lowest BCUT2D eigenvalue weighted by Gasteiger charge is -2.19. The maximum absolute atomic E-state index is 13.5. The molecule has 4 heteroatoms. The summed E-state index contributed by atoms with van der Waals surface area (Å²) >= 11 is 0. The standard InChI is InChI=1S/C13H17FO3/c1-4-17-11-6-5-9(7-10(11)14)8-13(2,3)12(15)16/h5-7H,4,8H2,1-3H3,(H,15,16). The third-order valence-electron chi connectivity index (χ3n) is 2.52. The SMILES string of the molecule is CCOc1ccc(CC(C)(C)C(=O)O)cc1F. The van der Waals surface area contributed by atoms with Crippen molar-refractivity contribution in [3.63, 3.8) is 0 Å². The van der Waals surface area contributed by atoms with Gasteiger partial charge >= 0.3 is 5.97 Å². The van der Waals surface area contributed by atoms with Crippen molar-refractivity contribution >= 4 is 5.97 Å². The van der Waals surface area contributed by atoms with Crippen molar-refractivity contribution in [1.82, 2.24) is 0 Å². The summed E-state index contributed by atoms with van der Waals surface area (Å²) in [5.74, 6) is -1.15. The van der Waals surface area contributed by atoms with Gasteiger partial charge in [0.25, 0.3) is 0 Å². The molecule has 0 aliphatic carbocycles. The highest BCUT2D eigenvalue weighted by Crippen LogP contribution is 2.25. The first kappa shape index (κ1) is 13.5. The Morgan fingerprint density at radius 3 is 2.59 bits per heavy atom. The number of benzene rings is 1. The first-order valence-corrected chi connectivity index (χ1v) is 5.51. The van der Waals surface area contributed by atoms with E-state index in [4.69, 9.17) is 9.84 Å². The average Bonchev–Trinajstić information content (AvgIpc) is 2.21.